The maximum absolute atomic E-state index is 12.2. The Hall–Kier alpha value is -0.830. The predicted molar refractivity (Wildman–Crippen MR) is 98.7 cm³/mol. The van der Waals surface area contributed by atoms with Crippen molar-refractivity contribution in [3.05, 3.63) is 23.4 Å². The second-order valence-corrected chi connectivity index (χ2v) is 8.99. The zero-order valence-corrected chi connectivity index (χ0v) is 16.0. The molecule has 0 aliphatic carbocycles. The van der Waals surface area contributed by atoms with Gasteiger partial charge in [-0.3, -0.25) is 4.79 Å². The molecule has 5 nitrogen and oxygen atoms in total. The Balaban J connectivity index is 1.84. The smallest absolute Gasteiger partial charge is 0.238 e. The number of halogens is 1. The van der Waals surface area contributed by atoms with Gasteiger partial charge in [0.15, 0.2) is 8.68 Å². The third kappa shape index (κ3) is 6.29. The van der Waals surface area contributed by atoms with Crippen LogP contribution in [0.1, 0.15) is 26.7 Å². The van der Waals surface area contributed by atoms with Gasteiger partial charge in [0.1, 0.15) is 5.82 Å². The van der Waals surface area contributed by atoms with Crippen molar-refractivity contribution >= 4 is 58.2 Å². The standard InChI is InChI=1S/C14H17ClN4OS3/c1-3-4-7-21-13-18-19-14(23-13)22-9(2)12(20)17-11-6-5-10(15)8-16-11/h5-6,8-9H,3-4,7H2,1-2H3,(H,16,17,20). The Bertz CT molecular complexity index is 635. The van der Waals surface area contributed by atoms with Crippen LogP contribution in [0.2, 0.25) is 5.02 Å². The van der Waals surface area contributed by atoms with E-state index in [9.17, 15) is 4.79 Å². The fourth-order valence-corrected chi connectivity index (χ4v) is 4.92. The number of unbranched alkanes of at least 4 members (excludes halogenated alkanes) is 1. The number of aromatic nitrogens is 3. The molecule has 1 unspecified atom stereocenters. The van der Waals surface area contributed by atoms with Crippen LogP contribution in [-0.4, -0.2) is 32.1 Å². The van der Waals surface area contributed by atoms with E-state index < -0.39 is 0 Å². The highest BCUT2D eigenvalue weighted by Crippen LogP contribution is 2.31. The molecule has 0 fully saturated rings. The van der Waals surface area contributed by atoms with Gasteiger partial charge in [0.05, 0.1) is 10.3 Å². The summed E-state index contributed by atoms with van der Waals surface area (Å²) in [7, 11) is 0. The zero-order chi connectivity index (χ0) is 16.7. The van der Waals surface area contributed by atoms with Crippen molar-refractivity contribution < 1.29 is 4.79 Å². The SMILES string of the molecule is CCCCSc1nnc(SC(C)C(=O)Nc2ccc(Cl)cn2)s1. The van der Waals surface area contributed by atoms with Gasteiger partial charge in [0, 0.05) is 11.9 Å². The van der Waals surface area contributed by atoms with Crippen molar-refractivity contribution in [3.8, 4) is 0 Å². The molecule has 0 bridgehead atoms. The van der Waals surface area contributed by atoms with Gasteiger partial charge in [0.25, 0.3) is 0 Å². The van der Waals surface area contributed by atoms with Crippen molar-refractivity contribution in [2.75, 3.05) is 11.1 Å². The Morgan fingerprint density at radius 2 is 2.17 bits per heavy atom. The molecule has 0 saturated heterocycles. The van der Waals surface area contributed by atoms with E-state index in [0.29, 0.717) is 10.8 Å². The van der Waals surface area contributed by atoms with Crippen molar-refractivity contribution in [3.63, 3.8) is 0 Å². The number of hydrogen-bond donors (Lipinski definition) is 1. The topological polar surface area (TPSA) is 67.8 Å². The average Bonchev–Trinajstić information content (AvgIpc) is 2.97. The first-order valence-corrected chi connectivity index (χ1v) is 10.2. The number of nitrogens with one attached hydrogen (secondary N) is 1. The van der Waals surface area contributed by atoms with Crippen LogP contribution in [0.3, 0.4) is 0 Å². The number of thioether (sulfide) groups is 2. The van der Waals surface area contributed by atoms with Gasteiger partial charge in [-0.15, -0.1) is 10.2 Å². The van der Waals surface area contributed by atoms with Crippen LogP contribution >= 0.6 is 46.5 Å². The molecule has 0 aliphatic heterocycles. The van der Waals surface area contributed by atoms with Crippen LogP contribution in [0.5, 0.6) is 0 Å². The lowest BCUT2D eigenvalue weighted by atomic mass is 10.4. The first-order valence-electron chi connectivity index (χ1n) is 7.14. The van der Waals surface area contributed by atoms with Gasteiger partial charge in [0.2, 0.25) is 5.91 Å². The summed E-state index contributed by atoms with van der Waals surface area (Å²) in [5, 5.41) is 11.3. The minimum absolute atomic E-state index is 0.125. The van der Waals surface area contributed by atoms with E-state index >= 15 is 0 Å². The Morgan fingerprint density at radius 3 is 2.87 bits per heavy atom. The minimum Gasteiger partial charge on any atom is -0.310 e. The molecule has 2 aromatic rings. The van der Waals surface area contributed by atoms with Crippen LogP contribution in [0, 0.1) is 0 Å². The highest BCUT2D eigenvalue weighted by atomic mass is 35.5. The summed E-state index contributed by atoms with van der Waals surface area (Å²) >= 11 is 10.4. The molecule has 124 valence electrons. The lowest BCUT2D eigenvalue weighted by Crippen LogP contribution is -2.22. The summed E-state index contributed by atoms with van der Waals surface area (Å²) in [6.07, 6.45) is 3.84. The molecule has 1 amide bonds. The van der Waals surface area contributed by atoms with Gasteiger partial charge < -0.3 is 5.32 Å². The molecule has 2 heterocycles. The normalized spacial score (nSPS) is 12.1. The molecule has 0 spiro atoms. The average molecular weight is 389 g/mol. The van der Waals surface area contributed by atoms with Gasteiger partial charge >= 0.3 is 0 Å². The van der Waals surface area contributed by atoms with Crippen molar-refractivity contribution in [2.24, 2.45) is 0 Å². The van der Waals surface area contributed by atoms with Gasteiger partial charge in [-0.25, -0.2) is 4.98 Å². The molecule has 23 heavy (non-hydrogen) atoms. The van der Waals surface area contributed by atoms with E-state index in [1.165, 1.54) is 42.1 Å². The lowest BCUT2D eigenvalue weighted by Gasteiger charge is -2.09. The summed E-state index contributed by atoms with van der Waals surface area (Å²) in [5.74, 6) is 1.41. The van der Waals surface area contributed by atoms with E-state index in [1.807, 2.05) is 6.92 Å². The number of rotatable bonds is 8. The molecule has 1 atom stereocenters. The summed E-state index contributed by atoms with van der Waals surface area (Å²) in [4.78, 5) is 16.2. The van der Waals surface area contributed by atoms with Crippen LogP contribution in [0.25, 0.3) is 0 Å². The number of amides is 1. The Morgan fingerprint density at radius 1 is 1.39 bits per heavy atom. The molecule has 2 aromatic heterocycles. The molecule has 1 N–H and O–H groups in total. The highest BCUT2D eigenvalue weighted by molar-refractivity contribution is 8.03. The second kappa shape index (κ2) is 9.46. The predicted octanol–water partition coefficient (Wildman–Crippen LogP) is 4.60. The molecule has 0 radical (unpaired) electrons. The van der Waals surface area contributed by atoms with Crippen LogP contribution < -0.4 is 5.32 Å². The van der Waals surface area contributed by atoms with Crippen LogP contribution in [-0.2, 0) is 4.79 Å². The summed E-state index contributed by atoms with van der Waals surface area (Å²) in [6, 6.07) is 3.36. The number of anilines is 1. The quantitative estimate of drug-likeness (QED) is 0.526. The van der Waals surface area contributed by atoms with Gasteiger partial charge in [-0.05, 0) is 25.5 Å². The summed E-state index contributed by atoms with van der Waals surface area (Å²) in [5.41, 5.74) is 0. The maximum atomic E-state index is 12.2. The first kappa shape index (κ1) is 18.5. The van der Waals surface area contributed by atoms with E-state index in [-0.39, 0.29) is 11.2 Å². The molecule has 0 saturated carbocycles. The number of nitrogens with zero attached hydrogens (tertiary/aromatic N) is 3. The number of carbonyl (C=O) groups excluding carboxylic acids is 1. The molecule has 0 aromatic carbocycles. The van der Waals surface area contributed by atoms with E-state index in [0.717, 1.165) is 14.4 Å². The Labute approximate surface area is 153 Å². The highest BCUT2D eigenvalue weighted by Gasteiger charge is 2.17. The lowest BCUT2D eigenvalue weighted by molar-refractivity contribution is -0.115. The third-order valence-electron chi connectivity index (χ3n) is 2.74. The molecular weight excluding hydrogens is 372 g/mol. The number of hydrogen-bond acceptors (Lipinski definition) is 7. The van der Waals surface area contributed by atoms with Crippen LogP contribution in [0.15, 0.2) is 27.0 Å². The van der Waals surface area contributed by atoms with E-state index in [2.05, 4.69) is 27.4 Å². The van der Waals surface area contributed by atoms with E-state index in [4.69, 9.17) is 11.6 Å². The zero-order valence-electron chi connectivity index (χ0n) is 12.8. The first-order chi connectivity index (χ1) is 11.1. The summed E-state index contributed by atoms with van der Waals surface area (Å²) in [6.45, 7) is 4.00. The maximum Gasteiger partial charge on any atom is 0.238 e. The second-order valence-electron chi connectivity index (χ2n) is 4.65. The van der Waals surface area contributed by atoms with Crippen molar-refractivity contribution in [2.45, 2.75) is 40.6 Å². The third-order valence-corrected chi connectivity index (χ3v) is 6.29. The Kier molecular flexibility index (Phi) is 7.61. The fraction of sp³-hybridized carbons (Fsp3) is 0.429. The van der Waals surface area contributed by atoms with Crippen LogP contribution in [0.4, 0.5) is 5.82 Å². The molecular formula is C14H17ClN4OS3. The largest absolute Gasteiger partial charge is 0.310 e. The number of pyridine rings is 1. The van der Waals surface area contributed by atoms with Gasteiger partial charge in [-0.1, -0.05) is 59.8 Å². The van der Waals surface area contributed by atoms with E-state index in [1.54, 1.807) is 23.9 Å². The van der Waals surface area contributed by atoms with Crippen molar-refractivity contribution in [1.29, 1.82) is 0 Å². The number of carbonyl (C=O) groups is 1. The van der Waals surface area contributed by atoms with Crippen molar-refractivity contribution in [1.82, 2.24) is 15.2 Å². The summed E-state index contributed by atoms with van der Waals surface area (Å²) < 4.78 is 1.75. The molecule has 2 rings (SSSR count). The van der Waals surface area contributed by atoms with Gasteiger partial charge in [-0.2, -0.15) is 0 Å². The molecule has 9 heteroatoms. The monoisotopic (exact) mass is 388 g/mol. The minimum atomic E-state index is -0.283. The fourth-order valence-electron chi connectivity index (χ4n) is 1.49. The molecule has 0 aliphatic rings.